The van der Waals surface area contributed by atoms with E-state index in [-0.39, 0.29) is 21.7 Å². The molecule has 29 heavy (non-hydrogen) atoms. The molecule has 154 valence electrons. The van der Waals surface area contributed by atoms with E-state index in [1.54, 1.807) is 24.3 Å². The Balaban J connectivity index is 1.99. The van der Waals surface area contributed by atoms with E-state index in [1.807, 2.05) is 45.3 Å². The molecule has 0 aliphatic carbocycles. The number of hydrogen-bond donors (Lipinski definition) is 1. The van der Waals surface area contributed by atoms with Gasteiger partial charge in [-0.3, -0.25) is 0 Å². The van der Waals surface area contributed by atoms with Crippen LogP contribution in [-0.4, -0.2) is 45.5 Å². The van der Waals surface area contributed by atoms with Crippen LogP contribution in [0.3, 0.4) is 0 Å². The lowest BCUT2D eigenvalue weighted by atomic mass is 10.1. The van der Waals surface area contributed by atoms with Crippen LogP contribution in [0, 0.1) is 6.92 Å². The highest BCUT2D eigenvalue weighted by Crippen LogP contribution is 2.33. The highest BCUT2D eigenvalue weighted by molar-refractivity contribution is 9.10. The maximum Gasteiger partial charge on any atom is 0.233 e. The number of benzene rings is 2. The number of aryl methyl sites for hydroxylation is 1. The lowest BCUT2D eigenvalue weighted by Crippen LogP contribution is -2.17. The van der Waals surface area contributed by atoms with Crippen LogP contribution in [-0.2, 0) is 9.84 Å². The normalized spacial score (nSPS) is 11.8. The van der Waals surface area contributed by atoms with Crippen LogP contribution < -0.4 is 5.32 Å². The first-order chi connectivity index (χ1) is 13.8. The summed E-state index contributed by atoms with van der Waals surface area (Å²) in [6.45, 7) is 3.41. The second-order valence-corrected chi connectivity index (χ2v) is 9.84. The van der Waals surface area contributed by atoms with Gasteiger partial charge < -0.3 is 14.6 Å². The third-order valence-electron chi connectivity index (χ3n) is 4.31. The summed E-state index contributed by atoms with van der Waals surface area (Å²) in [5.74, 6) is 0.447. The average Bonchev–Trinajstić information content (AvgIpc) is 3.11. The SMILES string of the molecule is Cc1cccc(-c2nc(S(=O)(=O)c3ccc(Br)cc3)c(NCCCN(C)C)o2)c1. The van der Waals surface area contributed by atoms with E-state index in [4.69, 9.17) is 4.42 Å². The zero-order chi connectivity index (χ0) is 21.0. The van der Waals surface area contributed by atoms with Crippen LogP contribution in [0.1, 0.15) is 12.0 Å². The maximum absolute atomic E-state index is 13.2. The van der Waals surface area contributed by atoms with Crippen LogP contribution in [0.25, 0.3) is 11.5 Å². The first kappa shape index (κ1) is 21.5. The largest absolute Gasteiger partial charge is 0.419 e. The van der Waals surface area contributed by atoms with Crippen molar-refractivity contribution in [2.45, 2.75) is 23.3 Å². The van der Waals surface area contributed by atoms with E-state index in [1.165, 1.54) is 0 Å². The summed E-state index contributed by atoms with van der Waals surface area (Å²) in [6, 6.07) is 14.1. The number of aromatic nitrogens is 1. The molecule has 0 spiro atoms. The van der Waals surface area contributed by atoms with Crippen molar-refractivity contribution in [3.8, 4) is 11.5 Å². The van der Waals surface area contributed by atoms with Crippen LogP contribution in [0.15, 0.2) is 67.3 Å². The van der Waals surface area contributed by atoms with Crippen molar-refractivity contribution in [1.29, 1.82) is 0 Å². The molecular weight excluding hydrogens is 454 g/mol. The minimum Gasteiger partial charge on any atom is -0.419 e. The molecule has 0 saturated heterocycles. The van der Waals surface area contributed by atoms with Gasteiger partial charge in [0.25, 0.3) is 0 Å². The van der Waals surface area contributed by atoms with Gasteiger partial charge >= 0.3 is 0 Å². The molecule has 1 N–H and O–H groups in total. The molecule has 0 atom stereocenters. The van der Waals surface area contributed by atoms with Crippen molar-refractivity contribution < 1.29 is 12.8 Å². The molecule has 6 nitrogen and oxygen atoms in total. The molecule has 0 radical (unpaired) electrons. The van der Waals surface area contributed by atoms with E-state index in [0.29, 0.717) is 6.54 Å². The summed E-state index contributed by atoms with van der Waals surface area (Å²) < 4.78 is 33.1. The molecule has 8 heteroatoms. The Kier molecular flexibility index (Phi) is 6.77. The Hall–Kier alpha value is -2.16. The zero-order valence-electron chi connectivity index (χ0n) is 16.6. The van der Waals surface area contributed by atoms with Gasteiger partial charge in [0, 0.05) is 16.6 Å². The Morgan fingerprint density at radius 1 is 1.14 bits per heavy atom. The number of sulfone groups is 1. The number of nitrogens with zero attached hydrogens (tertiary/aromatic N) is 2. The van der Waals surface area contributed by atoms with Gasteiger partial charge in [-0.15, -0.1) is 0 Å². The summed E-state index contributed by atoms with van der Waals surface area (Å²) in [5.41, 5.74) is 1.78. The summed E-state index contributed by atoms with van der Waals surface area (Å²) in [4.78, 5) is 6.60. The lowest BCUT2D eigenvalue weighted by molar-refractivity contribution is 0.404. The third-order valence-corrected chi connectivity index (χ3v) is 6.51. The minimum absolute atomic E-state index is 0.0961. The molecule has 0 aliphatic heterocycles. The summed E-state index contributed by atoms with van der Waals surface area (Å²) in [5, 5.41) is 3.02. The first-order valence-corrected chi connectivity index (χ1v) is 11.5. The monoisotopic (exact) mass is 477 g/mol. The van der Waals surface area contributed by atoms with Crippen molar-refractivity contribution in [1.82, 2.24) is 9.88 Å². The smallest absolute Gasteiger partial charge is 0.233 e. The fourth-order valence-corrected chi connectivity index (χ4v) is 4.37. The van der Waals surface area contributed by atoms with Gasteiger partial charge in [0.1, 0.15) is 0 Å². The highest BCUT2D eigenvalue weighted by atomic mass is 79.9. The minimum atomic E-state index is -3.84. The van der Waals surface area contributed by atoms with Crippen molar-refractivity contribution in [3.63, 3.8) is 0 Å². The van der Waals surface area contributed by atoms with Gasteiger partial charge in [0.2, 0.25) is 26.6 Å². The second kappa shape index (κ2) is 9.11. The van der Waals surface area contributed by atoms with Crippen molar-refractivity contribution >= 4 is 31.7 Å². The number of nitrogens with one attached hydrogen (secondary N) is 1. The first-order valence-electron chi connectivity index (χ1n) is 9.24. The van der Waals surface area contributed by atoms with Gasteiger partial charge in [0.15, 0.2) is 0 Å². The Morgan fingerprint density at radius 3 is 2.52 bits per heavy atom. The molecule has 0 saturated carbocycles. The highest BCUT2D eigenvalue weighted by Gasteiger charge is 2.28. The van der Waals surface area contributed by atoms with Gasteiger partial charge in [-0.2, -0.15) is 4.98 Å². The Bertz CT molecular complexity index is 1080. The molecule has 0 fully saturated rings. The molecule has 0 bridgehead atoms. The molecule has 3 aromatic rings. The fourth-order valence-electron chi connectivity index (χ4n) is 2.82. The van der Waals surface area contributed by atoms with E-state index in [9.17, 15) is 8.42 Å². The summed E-state index contributed by atoms with van der Waals surface area (Å²) in [6.07, 6.45) is 0.839. The molecule has 0 amide bonds. The number of rotatable bonds is 8. The fraction of sp³-hybridized carbons (Fsp3) is 0.286. The van der Waals surface area contributed by atoms with Crippen LogP contribution in [0.5, 0.6) is 0 Å². The predicted octanol–water partition coefficient (Wildman–Crippen LogP) is 4.61. The van der Waals surface area contributed by atoms with E-state index < -0.39 is 9.84 Å². The van der Waals surface area contributed by atoms with E-state index >= 15 is 0 Å². The van der Waals surface area contributed by atoms with Crippen LogP contribution >= 0.6 is 15.9 Å². The topological polar surface area (TPSA) is 75.4 Å². The molecule has 3 rings (SSSR count). The molecule has 1 aromatic heterocycles. The standard InChI is InChI=1S/C21H24BrN3O3S/c1-15-6-4-7-16(14-15)19-24-21(20(28-19)23-12-5-13-25(2)3)29(26,27)18-10-8-17(22)9-11-18/h4,6-11,14,23H,5,12-13H2,1-3H3. The molecule has 0 aliphatic rings. The summed E-state index contributed by atoms with van der Waals surface area (Å²) in [7, 11) is 0.152. The molecular formula is C21H24BrN3O3S. The third kappa shape index (κ3) is 5.26. The van der Waals surface area contributed by atoms with Crippen molar-refractivity contribution in [2.24, 2.45) is 0 Å². The maximum atomic E-state index is 13.2. The number of anilines is 1. The number of halogens is 1. The van der Waals surface area contributed by atoms with Gasteiger partial charge in [-0.25, -0.2) is 8.42 Å². The average molecular weight is 478 g/mol. The molecule has 1 heterocycles. The second-order valence-electron chi connectivity index (χ2n) is 7.06. The van der Waals surface area contributed by atoms with Crippen molar-refractivity contribution in [3.05, 3.63) is 58.6 Å². The van der Waals surface area contributed by atoms with Gasteiger partial charge in [-0.05, 0) is 70.4 Å². The lowest BCUT2D eigenvalue weighted by Gasteiger charge is -2.10. The van der Waals surface area contributed by atoms with Crippen molar-refractivity contribution in [2.75, 3.05) is 32.5 Å². The predicted molar refractivity (Wildman–Crippen MR) is 118 cm³/mol. The van der Waals surface area contributed by atoms with E-state index in [0.717, 1.165) is 28.6 Å². The number of hydrogen-bond acceptors (Lipinski definition) is 6. The summed E-state index contributed by atoms with van der Waals surface area (Å²) >= 11 is 3.33. The Labute approximate surface area is 180 Å². The number of oxazole rings is 1. The Morgan fingerprint density at radius 2 is 1.86 bits per heavy atom. The quantitative estimate of drug-likeness (QED) is 0.477. The van der Waals surface area contributed by atoms with Crippen LogP contribution in [0.4, 0.5) is 5.88 Å². The molecule has 0 unspecified atom stereocenters. The van der Waals surface area contributed by atoms with Gasteiger partial charge in [-0.1, -0.05) is 33.6 Å². The zero-order valence-corrected chi connectivity index (χ0v) is 19.0. The molecule has 2 aromatic carbocycles. The van der Waals surface area contributed by atoms with E-state index in [2.05, 4.69) is 31.1 Å². The van der Waals surface area contributed by atoms with Crippen LogP contribution in [0.2, 0.25) is 0 Å². The van der Waals surface area contributed by atoms with Gasteiger partial charge in [0.05, 0.1) is 4.90 Å².